The van der Waals surface area contributed by atoms with Gasteiger partial charge in [-0.05, 0) is 73.6 Å². The van der Waals surface area contributed by atoms with Gasteiger partial charge in [0.1, 0.15) is 18.1 Å². The number of benzene rings is 2. The summed E-state index contributed by atoms with van der Waals surface area (Å²) >= 11 is 0. The summed E-state index contributed by atoms with van der Waals surface area (Å²) < 4.78 is 11.7. The Morgan fingerprint density at radius 3 is 2.74 bits per heavy atom. The molecule has 1 fully saturated rings. The number of nitrogens with zero attached hydrogens (tertiary/aromatic N) is 1. The second-order valence-corrected chi connectivity index (χ2v) is 9.54. The van der Waals surface area contributed by atoms with Crippen LogP contribution in [0.1, 0.15) is 70.8 Å². The summed E-state index contributed by atoms with van der Waals surface area (Å²) in [6.07, 6.45) is 3.69. The molecule has 1 unspecified atom stereocenters. The molecular weight excluding hydrogens is 440 g/mol. The largest absolute Gasteiger partial charge is 0.486 e. The van der Waals surface area contributed by atoms with Gasteiger partial charge in [0.15, 0.2) is 5.76 Å². The molecule has 1 atom stereocenters. The first kappa shape index (κ1) is 23.2. The van der Waals surface area contributed by atoms with Crippen LogP contribution in [0.15, 0.2) is 59.0 Å². The number of amides is 2. The molecule has 6 heteroatoms. The van der Waals surface area contributed by atoms with Crippen molar-refractivity contribution in [2.75, 3.05) is 13.1 Å². The number of nitrogens with one attached hydrogen (secondary N) is 1. The summed E-state index contributed by atoms with van der Waals surface area (Å²) in [5, 5.41) is 2.81. The van der Waals surface area contributed by atoms with E-state index in [1.54, 1.807) is 12.1 Å². The highest BCUT2D eigenvalue weighted by molar-refractivity contribution is 5.91. The molecule has 0 bridgehead atoms. The lowest BCUT2D eigenvalue weighted by atomic mass is 9.87. The molecule has 1 aliphatic carbocycles. The van der Waals surface area contributed by atoms with Crippen molar-refractivity contribution in [3.8, 4) is 5.75 Å². The lowest BCUT2D eigenvalue weighted by Crippen LogP contribution is -2.41. The molecule has 0 saturated heterocycles. The molecule has 2 aromatic carbocycles. The normalized spacial score (nSPS) is 17.1. The Labute approximate surface area is 206 Å². The van der Waals surface area contributed by atoms with E-state index in [1.807, 2.05) is 13.0 Å². The van der Waals surface area contributed by atoms with Gasteiger partial charge in [0.2, 0.25) is 5.91 Å². The molecule has 1 N–H and O–H groups in total. The van der Waals surface area contributed by atoms with Crippen LogP contribution < -0.4 is 10.1 Å². The minimum Gasteiger partial charge on any atom is -0.486 e. The molecule has 1 aromatic heterocycles. The zero-order valence-corrected chi connectivity index (χ0v) is 20.4. The van der Waals surface area contributed by atoms with Crippen LogP contribution >= 0.6 is 0 Å². The van der Waals surface area contributed by atoms with Crippen LogP contribution in [-0.4, -0.2) is 29.8 Å². The third-order valence-electron chi connectivity index (χ3n) is 6.72. The maximum Gasteiger partial charge on any atom is 0.286 e. The maximum atomic E-state index is 13.2. The number of hydrogen-bond acceptors (Lipinski definition) is 4. The Balaban J connectivity index is 1.38. The van der Waals surface area contributed by atoms with Gasteiger partial charge in [-0.2, -0.15) is 0 Å². The van der Waals surface area contributed by atoms with Crippen molar-refractivity contribution in [1.82, 2.24) is 10.2 Å². The molecule has 2 amide bonds. The fraction of sp³-hybridized carbons (Fsp3) is 0.379. The third kappa shape index (κ3) is 5.11. The second kappa shape index (κ2) is 9.98. The van der Waals surface area contributed by atoms with Crippen LogP contribution in [0.4, 0.5) is 0 Å². The molecule has 35 heavy (non-hydrogen) atoms. The van der Waals surface area contributed by atoms with E-state index in [0.717, 1.165) is 49.1 Å². The van der Waals surface area contributed by atoms with Crippen LogP contribution in [0.5, 0.6) is 5.75 Å². The van der Waals surface area contributed by atoms with E-state index < -0.39 is 0 Å². The predicted molar refractivity (Wildman–Crippen MR) is 133 cm³/mol. The van der Waals surface area contributed by atoms with Crippen molar-refractivity contribution in [3.05, 3.63) is 88.4 Å². The summed E-state index contributed by atoms with van der Waals surface area (Å²) in [7, 11) is 0. The van der Waals surface area contributed by atoms with Gasteiger partial charge in [-0.25, -0.2) is 0 Å². The summed E-state index contributed by atoms with van der Waals surface area (Å²) in [4.78, 5) is 27.4. The van der Waals surface area contributed by atoms with E-state index in [-0.39, 0.29) is 36.1 Å². The topological polar surface area (TPSA) is 71.8 Å². The minimum atomic E-state index is -0.215. The van der Waals surface area contributed by atoms with Crippen molar-refractivity contribution in [2.45, 2.75) is 52.2 Å². The first-order chi connectivity index (χ1) is 17.0. The molecule has 1 saturated carbocycles. The quantitative estimate of drug-likeness (QED) is 0.490. The predicted octanol–water partition coefficient (Wildman–Crippen LogP) is 5.19. The Morgan fingerprint density at radius 2 is 1.97 bits per heavy atom. The maximum absolute atomic E-state index is 13.2. The smallest absolute Gasteiger partial charge is 0.286 e. The lowest BCUT2D eigenvalue weighted by Gasteiger charge is -2.38. The van der Waals surface area contributed by atoms with Gasteiger partial charge in [-0.3, -0.25) is 9.59 Å². The Kier molecular flexibility index (Phi) is 6.62. The Morgan fingerprint density at radius 1 is 1.11 bits per heavy atom. The van der Waals surface area contributed by atoms with E-state index in [9.17, 15) is 9.59 Å². The van der Waals surface area contributed by atoms with Gasteiger partial charge in [0.25, 0.3) is 5.91 Å². The summed E-state index contributed by atoms with van der Waals surface area (Å²) in [5.74, 6) is 1.81. The molecule has 2 aliphatic rings. The first-order valence-electron chi connectivity index (χ1n) is 12.5. The van der Waals surface area contributed by atoms with Gasteiger partial charge in [-0.1, -0.05) is 42.8 Å². The highest BCUT2D eigenvalue weighted by Gasteiger charge is 2.39. The zero-order valence-electron chi connectivity index (χ0n) is 20.4. The molecule has 0 spiro atoms. The van der Waals surface area contributed by atoms with Crippen LogP contribution in [0.25, 0.3) is 0 Å². The van der Waals surface area contributed by atoms with E-state index in [4.69, 9.17) is 9.15 Å². The average Bonchev–Trinajstić information content (AvgIpc) is 3.62. The lowest BCUT2D eigenvalue weighted by molar-refractivity contribution is -0.134. The van der Waals surface area contributed by atoms with Crippen LogP contribution in [-0.2, 0) is 17.8 Å². The molecule has 1 aliphatic heterocycles. The monoisotopic (exact) mass is 472 g/mol. The molecular formula is C29H32N2O4. The van der Waals surface area contributed by atoms with Gasteiger partial charge in [0, 0.05) is 19.0 Å². The Hall–Kier alpha value is -3.54. The third-order valence-corrected chi connectivity index (χ3v) is 6.72. The molecule has 0 radical (unpaired) electrons. The standard InChI is InChI=1S/C29H32N2O4/c1-3-14-30-28(32)26-12-11-24(35-26)18-34-23-10-9-20-13-15-31(29(33)21-7-8-21)27(25(20)17-23)22-6-4-5-19(2)16-22/h4-6,9-12,16-17,21,27H,3,7-8,13-15,18H2,1-2H3,(H,30,32). The van der Waals surface area contributed by atoms with Crippen LogP contribution in [0, 0.1) is 12.8 Å². The fourth-order valence-corrected chi connectivity index (χ4v) is 4.74. The minimum absolute atomic E-state index is 0.118. The van der Waals surface area contributed by atoms with Gasteiger partial charge in [0.05, 0.1) is 6.04 Å². The summed E-state index contributed by atoms with van der Waals surface area (Å²) in [6.45, 7) is 5.66. The summed E-state index contributed by atoms with van der Waals surface area (Å²) in [6, 6.07) is 17.9. The van der Waals surface area contributed by atoms with Crippen LogP contribution in [0.2, 0.25) is 0 Å². The average molecular weight is 473 g/mol. The van der Waals surface area contributed by atoms with Crippen molar-refractivity contribution >= 4 is 11.8 Å². The second-order valence-electron chi connectivity index (χ2n) is 9.54. The number of rotatable bonds is 8. The SMILES string of the molecule is CCCNC(=O)c1ccc(COc2ccc3c(c2)C(c2cccc(C)c2)N(C(=O)C2CC2)CC3)o1. The van der Waals surface area contributed by atoms with Crippen molar-refractivity contribution in [1.29, 1.82) is 0 Å². The number of carbonyl (C=O) groups is 2. The van der Waals surface area contributed by atoms with Crippen LogP contribution in [0.3, 0.4) is 0 Å². The van der Waals surface area contributed by atoms with Gasteiger partial charge in [-0.15, -0.1) is 0 Å². The molecule has 3 aromatic rings. The zero-order chi connectivity index (χ0) is 24.4. The number of hydrogen-bond donors (Lipinski definition) is 1. The Bertz CT molecular complexity index is 1230. The van der Waals surface area contributed by atoms with E-state index in [2.05, 4.69) is 53.5 Å². The molecule has 182 valence electrons. The van der Waals surface area contributed by atoms with E-state index >= 15 is 0 Å². The number of carbonyl (C=O) groups excluding carboxylic acids is 2. The van der Waals surface area contributed by atoms with Gasteiger partial charge < -0.3 is 19.4 Å². The van der Waals surface area contributed by atoms with E-state index in [0.29, 0.717) is 12.3 Å². The highest BCUT2D eigenvalue weighted by Crippen LogP contribution is 2.41. The van der Waals surface area contributed by atoms with Crippen molar-refractivity contribution < 1.29 is 18.7 Å². The van der Waals surface area contributed by atoms with Crippen molar-refractivity contribution in [2.24, 2.45) is 5.92 Å². The summed E-state index contributed by atoms with van der Waals surface area (Å²) in [5.41, 5.74) is 4.67. The van der Waals surface area contributed by atoms with Gasteiger partial charge >= 0.3 is 0 Å². The number of furan rings is 1. The highest BCUT2D eigenvalue weighted by atomic mass is 16.5. The fourth-order valence-electron chi connectivity index (χ4n) is 4.74. The first-order valence-corrected chi connectivity index (χ1v) is 12.5. The molecule has 2 heterocycles. The number of ether oxygens (including phenoxy) is 1. The van der Waals surface area contributed by atoms with Crippen molar-refractivity contribution in [3.63, 3.8) is 0 Å². The molecule has 6 nitrogen and oxygen atoms in total. The number of aryl methyl sites for hydroxylation is 1. The molecule has 5 rings (SSSR count). The van der Waals surface area contributed by atoms with E-state index in [1.165, 1.54) is 11.1 Å². The number of fused-ring (bicyclic) bond motifs is 1.